The molecular formula is C12H17N3O4S2. The summed E-state index contributed by atoms with van der Waals surface area (Å²) in [7, 11) is -7.08. The first-order valence-electron chi connectivity index (χ1n) is 6.50. The second kappa shape index (κ2) is 5.79. The fourth-order valence-corrected chi connectivity index (χ4v) is 5.61. The Kier molecular flexibility index (Phi) is 4.41. The lowest BCUT2D eigenvalue weighted by molar-refractivity contribution is 0.370. The summed E-state index contributed by atoms with van der Waals surface area (Å²) in [4.78, 5) is 6.69. The van der Waals surface area contributed by atoms with E-state index in [1.54, 1.807) is 0 Å². The van der Waals surface area contributed by atoms with Gasteiger partial charge in [0.15, 0.2) is 14.9 Å². The third-order valence-electron chi connectivity index (χ3n) is 3.39. The SMILES string of the molecule is C#CCN(C1CCS(=O)(=O)C1)S(=O)(=O)c1cnc(CC)[nH]1. The molecule has 1 aromatic rings. The molecule has 1 aromatic heterocycles. The smallest absolute Gasteiger partial charge is 0.261 e. The summed E-state index contributed by atoms with van der Waals surface area (Å²) in [6.45, 7) is 1.68. The molecule has 116 valence electrons. The summed E-state index contributed by atoms with van der Waals surface area (Å²) >= 11 is 0. The van der Waals surface area contributed by atoms with Crippen LogP contribution in [0.3, 0.4) is 0 Å². The lowest BCUT2D eigenvalue weighted by atomic mass is 10.3. The molecule has 0 aromatic carbocycles. The minimum Gasteiger partial charge on any atom is -0.332 e. The molecule has 0 amide bonds. The number of rotatable bonds is 5. The number of sulfone groups is 1. The Morgan fingerprint density at radius 2 is 2.29 bits per heavy atom. The zero-order valence-electron chi connectivity index (χ0n) is 11.6. The van der Waals surface area contributed by atoms with Gasteiger partial charge >= 0.3 is 0 Å². The van der Waals surface area contributed by atoms with Crippen LogP contribution in [-0.2, 0) is 26.3 Å². The summed E-state index contributed by atoms with van der Waals surface area (Å²) in [6, 6.07) is -0.621. The maximum Gasteiger partial charge on any atom is 0.261 e. The van der Waals surface area contributed by atoms with E-state index in [1.807, 2.05) is 6.92 Å². The van der Waals surface area contributed by atoms with Crippen LogP contribution in [0.2, 0.25) is 0 Å². The van der Waals surface area contributed by atoms with Gasteiger partial charge in [-0.3, -0.25) is 0 Å². The van der Waals surface area contributed by atoms with Crippen molar-refractivity contribution in [3.8, 4) is 12.3 Å². The highest BCUT2D eigenvalue weighted by atomic mass is 32.2. The van der Waals surface area contributed by atoms with Gasteiger partial charge in [0.1, 0.15) is 5.82 Å². The number of aromatic amines is 1. The number of hydrogen-bond donors (Lipinski definition) is 1. The average molecular weight is 331 g/mol. The van der Waals surface area contributed by atoms with E-state index in [2.05, 4.69) is 15.9 Å². The minimum atomic E-state index is -3.88. The largest absolute Gasteiger partial charge is 0.332 e. The van der Waals surface area contributed by atoms with Crippen LogP contribution in [0.25, 0.3) is 0 Å². The van der Waals surface area contributed by atoms with Crippen LogP contribution in [0.15, 0.2) is 11.2 Å². The van der Waals surface area contributed by atoms with E-state index in [-0.39, 0.29) is 29.5 Å². The van der Waals surface area contributed by atoms with Crippen molar-refractivity contribution in [1.82, 2.24) is 14.3 Å². The normalized spacial score (nSPS) is 21.5. The van der Waals surface area contributed by atoms with Gasteiger partial charge in [-0.25, -0.2) is 21.8 Å². The number of sulfonamides is 1. The summed E-state index contributed by atoms with van der Waals surface area (Å²) < 4.78 is 49.4. The quantitative estimate of drug-likeness (QED) is 0.752. The zero-order valence-corrected chi connectivity index (χ0v) is 13.2. The maximum absolute atomic E-state index is 12.6. The molecule has 2 rings (SSSR count). The van der Waals surface area contributed by atoms with Gasteiger partial charge in [-0.1, -0.05) is 12.8 Å². The highest BCUT2D eigenvalue weighted by molar-refractivity contribution is 7.92. The molecule has 1 atom stereocenters. The van der Waals surface area contributed by atoms with Gasteiger partial charge in [0.2, 0.25) is 0 Å². The van der Waals surface area contributed by atoms with Gasteiger partial charge in [-0.15, -0.1) is 6.42 Å². The second-order valence-corrected chi connectivity index (χ2v) is 8.95. The summed E-state index contributed by atoms with van der Waals surface area (Å²) in [5, 5.41) is -0.0566. The van der Waals surface area contributed by atoms with Crippen molar-refractivity contribution < 1.29 is 16.8 Å². The molecule has 1 fully saturated rings. The standard InChI is InChI=1S/C12H17N3O4S2/c1-3-6-15(10-5-7-20(16,17)9-10)21(18,19)12-8-13-11(4-2)14-12/h1,8,10H,4-7,9H2,2H3,(H,13,14). The molecule has 0 saturated carbocycles. The third kappa shape index (κ3) is 3.28. The number of nitrogens with one attached hydrogen (secondary N) is 1. The molecule has 1 saturated heterocycles. The fraction of sp³-hybridized carbons (Fsp3) is 0.583. The van der Waals surface area contributed by atoms with Crippen LogP contribution >= 0.6 is 0 Å². The summed E-state index contributed by atoms with van der Waals surface area (Å²) in [5.41, 5.74) is 0. The fourth-order valence-electron chi connectivity index (χ4n) is 2.28. The van der Waals surface area contributed by atoms with Crippen molar-refractivity contribution in [3.63, 3.8) is 0 Å². The lowest BCUT2D eigenvalue weighted by Crippen LogP contribution is -2.41. The van der Waals surface area contributed by atoms with Crippen LogP contribution in [0.4, 0.5) is 0 Å². The number of H-pyrrole nitrogens is 1. The number of imidazole rings is 1. The Hall–Kier alpha value is -1.37. The zero-order chi connectivity index (χ0) is 15.7. The third-order valence-corrected chi connectivity index (χ3v) is 6.95. The van der Waals surface area contributed by atoms with Gasteiger partial charge in [0, 0.05) is 12.5 Å². The van der Waals surface area contributed by atoms with E-state index in [0.29, 0.717) is 12.2 Å². The van der Waals surface area contributed by atoms with E-state index in [1.165, 1.54) is 6.20 Å². The second-order valence-electron chi connectivity index (χ2n) is 4.86. The highest BCUT2D eigenvalue weighted by Gasteiger charge is 2.39. The lowest BCUT2D eigenvalue weighted by Gasteiger charge is -2.24. The van der Waals surface area contributed by atoms with Crippen LogP contribution < -0.4 is 0 Å². The van der Waals surface area contributed by atoms with E-state index in [0.717, 1.165) is 4.31 Å². The molecule has 0 radical (unpaired) electrons. The molecule has 9 heteroatoms. The van der Waals surface area contributed by atoms with Crippen molar-refractivity contribution in [2.24, 2.45) is 0 Å². The van der Waals surface area contributed by atoms with E-state index < -0.39 is 25.9 Å². The molecule has 0 spiro atoms. The predicted molar refractivity (Wildman–Crippen MR) is 77.7 cm³/mol. The van der Waals surface area contributed by atoms with Gasteiger partial charge in [0.05, 0.1) is 24.2 Å². The molecule has 0 bridgehead atoms. The Bertz CT molecular complexity index is 759. The van der Waals surface area contributed by atoms with Crippen LogP contribution in [-0.4, -0.2) is 55.2 Å². The van der Waals surface area contributed by atoms with Crippen molar-refractivity contribution in [2.75, 3.05) is 18.1 Å². The monoisotopic (exact) mass is 331 g/mol. The molecular weight excluding hydrogens is 314 g/mol. The Morgan fingerprint density at radius 1 is 1.57 bits per heavy atom. The Labute approximate surface area is 124 Å². The maximum atomic E-state index is 12.6. The molecule has 0 aliphatic carbocycles. The highest BCUT2D eigenvalue weighted by Crippen LogP contribution is 2.24. The minimum absolute atomic E-state index is 0.0164. The summed E-state index contributed by atoms with van der Waals surface area (Å²) in [6.07, 6.45) is 7.31. The molecule has 1 unspecified atom stereocenters. The number of hydrogen-bond acceptors (Lipinski definition) is 5. The predicted octanol–water partition coefficient (Wildman–Crippen LogP) is -0.217. The van der Waals surface area contributed by atoms with Crippen molar-refractivity contribution in [1.29, 1.82) is 0 Å². The van der Waals surface area contributed by atoms with Gasteiger partial charge in [0.25, 0.3) is 10.0 Å². The first-order valence-corrected chi connectivity index (χ1v) is 9.76. The molecule has 21 heavy (non-hydrogen) atoms. The number of aromatic nitrogens is 2. The summed E-state index contributed by atoms with van der Waals surface area (Å²) in [5.74, 6) is 2.63. The van der Waals surface area contributed by atoms with Gasteiger partial charge in [-0.05, 0) is 6.42 Å². The van der Waals surface area contributed by atoms with E-state index in [9.17, 15) is 16.8 Å². The Morgan fingerprint density at radius 3 is 2.76 bits per heavy atom. The first-order chi connectivity index (χ1) is 9.80. The van der Waals surface area contributed by atoms with E-state index >= 15 is 0 Å². The van der Waals surface area contributed by atoms with Crippen molar-refractivity contribution in [3.05, 3.63) is 12.0 Å². The topological polar surface area (TPSA) is 100 Å². The molecule has 2 heterocycles. The molecule has 1 aliphatic heterocycles. The number of nitrogens with zero attached hydrogens (tertiary/aromatic N) is 2. The number of terminal acetylenes is 1. The number of aryl methyl sites for hydroxylation is 1. The molecule has 1 aliphatic rings. The van der Waals surface area contributed by atoms with Gasteiger partial charge < -0.3 is 4.98 Å². The van der Waals surface area contributed by atoms with Gasteiger partial charge in [-0.2, -0.15) is 4.31 Å². The Balaban J connectivity index is 2.35. The van der Waals surface area contributed by atoms with Crippen LogP contribution in [0.1, 0.15) is 19.2 Å². The van der Waals surface area contributed by atoms with Crippen LogP contribution in [0.5, 0.6) is 0 Å². The van der Waals surface area contributed by atoms with E-state index in [4.69, 9.17) is 6.42 Å². The molecule has 7 nitrogen and oxygen atoms in total. The average Bonchev–Trinajstić information content (AvgIpc) is 3.02. The first kappa shape index (κ1) is 16.0. The molecule has 1 N–H and O–H groups in total. The van der Waals surface area contributed by atoms with Crippen molar-refractivity contribution in [2.45, 2.75) is 30.8 Å². The van der Waals surface area contributed by atoms with Crippen LogP contribution in [0, 0.1) is 12.3 Å². The van der Waals surface area contributed by atoms with Crippen molar-refractivity contribution >= 4 is 19.9 Å².